The van der Waals surface area contributed by atoms with Crippen molar-refractivity contribution >= 4 is 22.7 Å². The number of quaternary nitrogens is 1. The van der Waals surface area contributed by atoms with Crippen LogP contribution in [0.2, 0.25) is 0 Å². The van der Waals surface area contributed by atoms with Gasteiger partial charge in [0, 0.05) is 17.7 Å². The summed E-state index contributed by atoms with van der Waals surface area (Å²) in [5, 5.41) is 3.58. The fourth-order valence-electron chi connectivity index (χ4n) is 4.15. The minimum absolute atomic E-state index is 0.288. The van der Waals surface area contributed by atoms with E-state index in [1.54, 1.807) is 32.4 Å². The summed E-state index contributed by atoms with van der Waals surface area (Å²) in [6, 6.07) is 5.87. The maximum Gasteiger partial charge on any atom is 0.289 e. The Labute approximate surface area is 201 Å². The first-order chi connectivity index (χ1) is 16.4. The van der Waals surface area contributed by atoms with Gasteiger partial charge < -0.3 is 30.2 Å². The van der Waals surface area contributed by atoms with Gasteiger partial charge in [0.15, 0.2) is 22.7 Å². The third-order valence-electron chi connectivity index (χ3n) is 6.12. The Morgan fingerprint density at radius 3 is 2.32 bits per heavy atom. The first-order valence-electron chi connectivity index (χ1n) is 11.8. The second-order valence-corrected chi connectivity index (χ2v) is 8.40. The molecule has 0 radical (unpaired) electrons. The average molecular weight is 471 g/mol. The van der Waals surface area contributed by atoms with Crippen LogP contribution in [0.1, 0.15) is 33.6 Å². The molecule has 9 heteroatoms. The van der Waals surface area contributed by atoms with Crippen LogP contribution in [0.5, 0.6) is 17.2 Å². The van der Waals surface area contributed by atoms with E-state index in [1.807, 2.05) is 18.2 Å². The summed E-state index contributed by atoms with van der Waals surface area (Å²) in [6.07, 6.45) is 3.97. The largest absolute Gasteiger partial charge is 0.493 e. The van der Waals surface area contributed by atoms with Crippen LogP contribution in [0, 0.1) is 0 Å². The molecule has 0 fully saturated rings. The van der Waals surface area contributed by atoms with Gasteiger partial charge in [-0.2, -0.15) is 0 Å². The number of nitrogens with two attached hydrogens (primary N) is 1. The van der Waals surface area contributed by atoms with Crippen LogP contribution in [0.25, 0.3) is 22.4 Å². The third kappa shape index (κ3) is 5.77. The summed E-state index contributed by atoms with van der Waals surface area (Å²) in [7, 11) is 4.75. The van der Waals surface area contributed by atoms with Gasteiger partial charge >= 0.3 is 0 Å². The Balaban J connectivity index is 1.87. The fraction of sp³-hybridized carbons (Fsp3) is 0.480. The fourth-order valence-corrected chi connectivity index (χ4v) is 4.15. The van der Waals surface area contributed by atoms with Gasteiger partial charge in [-0.15, -0.1) is 0 Å². The molecule has 184 valence electrons. The lowest BCUT2D eigenvalue weighted by atomic mass is 10.1. The molecule has 1 aromatic carbocycles. The molecule has 9 nitrogen and oxygen atoms in total. The van der Waals surface area contributed by atoms with Crippen molar-refractivity contribution in [2.75, 3.05) is 52.0 Å². The molecule has 3 rings (SSSR count). The summed E-state index contributed by atoms with van der Waals surface area (Å²) in [5.41, 5.74) is 9.85. The SMILES string of the molecule is CC[NH+](CC)CCC[C@H](C)Nc1cc(N)[nH+]c2nc(-c3cc(OC)c(OC)c(OC)c3)cnc12. The zero-order chi connectivity index (χ0) is 24.7. The number of nitrogen functional groups attached to an aromatic ring is 1. The molecule has 3 aromatic rings. The zero-order valence-corrected chi connectivity index (χ0v) is 21.1. The lowest BCUT2D eigenvalue weighted by molar-refractivity contribution is -0.896. The molecule has 0 saturated heterocycles. The molecule has 0 aliphatic heterocycles. The Morgan fingerprint density at radius 2 is 1.74 bits per heavy atom. The second kappa shape index (κ2) is 11.7. The van der Waals surface area contributed by atoms with Gasteiger partial charge in [-0.3, -0.25) is 0 Å². The Morgan fingerprint density at radius 1 is 1.06 bits per heavy atom. The predicted molar refractivity (Wildman–Crippen MR) is 135 cm³/mol. The average Bonchev–Trinajstić information content (AvgIpc) is 2.85. The van der Waals surface area contributed by atoms with E-state index in [9.17, 15) is 0 Å². The molecule has 34 heavy (non-hydrogen) atoms. The predicted octanol–water partition coefficient (Wildman–Crippen LogP) is 2.22. The van der Waals surface area contributed by atoms with Crippen LogP contribution < -0.4 is 35.1 Å². The number of hydrogen-bond acceptors (Lipinski definition) is 7. The number of hydrogen-bond donors (Lipinski definition) is 3. The highest BCUT2D eigenvalue weighted by Gasteiger charge is 2.19. The molecule has 0 aliphatic carbocycles. The maximum absolute atomic E-state index is 6.17. The molecule has 2 aromatic heterocycles. The van der Waals surface area contributed by atoms with Crippen molar-refractivity contribution in [3.8, 4) is 28.5 Å². The van der Waals surface area contributed by atoms with Crippen LogP contribution in [0.15, 0.2) is 24.4 Å². The summed E-state index contributed by atoms with van der Waals surface area (Å²) in [5.74, 6) is 2.16. The van der Waals surface area contributed by atoms with Gasteiger partial charge in [0.1, 0.15) is 0 Å². The first kappa shape index (κ1) is 25.3. The van der Waals surface area contributed by atoms with Crippen molar-refractivity contribution in [1.82, 2.24) is 9.97 Å². The van der Waals surface area contributed by atoms with Crippen molar-refractivity contribution in [3.63, 3.8) is 0 Å². The van der Waals surface area contributed by atoms with Gasteiger partial charge in [0.2, 0.25) is 11.6 Å². The topological polar surface area (TPSA) is 110 Å². The number of H-pyrrole nitrogens is 1. The van der Waals surface area contributed by atoms with Crippen LogP contribution in [-0.2, 0) is 0 Å². The Hall–Kier alpha value is -3.33. The number of pyridine rings is 1. The number of benzene rings is 1. The number of ether oxygens (including phenoxy) is 3. The minimum Gasteiger partial charge on any atom is -0.493 e. The monoisotopic (exact) mass is 470 g/mol. The number of aromatic amines is 1. The summed E-state index contributed by atoms with van der Waals surface area (Å²) in [4.78, 5) is 14.3. The lowest BCUT2D eigenvalue weighted by Crippen LogP contribution is -3.11. The number of nitrogens with zero attached hydrogens (tertiary/aromatic N) is 2. The number of aromatic nitrogens is 3. The summed E-state index contributed by atoms with van der Waals surface area (Å²) < 4.78 is 16.4. The number of fused-ring (bicyclic) bond motifs is 1. The van der Waals surface area contributed by atoms with Crippen molar-refractivity contribution in [2.45, 2.75) is 39.7 Å². The van der Waals surface area contributed by atoms with E-state index in [4.69, 9.17) is 29.9 Å². The molecule has 1 atom stereocenters. The first-order valence-corrected chi connectivity index (χ1v) is 11.8. The number of nitrogens with one attached hydrogen (secondary N) is 3. The summed E-state index contributed by atoms with van der Waals surface area (Å²) in [6.45, 7) is 10.2. The van der Waals surface area contributed by atoms with Crippen LogP contribution >= 0.6 is 0 Å². The van der Waals surface area contributed by atoms with Gasteiger partial charge in [-0.05, 0) is 45.7 Å². The highest BCUT2D eigenvalue weighted by molar-refractivity contribution is 5.85. The van der Waals surface area contributed by atoms with Crippen LogP contribution in [0.4, 0.5) is 11.5 Å². The molecular weight excluding hydrogens is 432 g/mol. The van der Waals surface area contributed by atoms with Crippen LogP contribution in [-0.4, -0.2) is 57.0 Å². The molecule has 0 saturated carbocycles. The molecule has 5 N–H and O–H groups in total. The molecule has 2 heterocycles. The van der Waals surface area contributed by atoms with E-state index in [2.05, 4.69) is 31.1 Å². The van der Waals surface area contributed by atoms with Crippen molar-refractivity contribution in [1.29, 1.82) is 0 Å². The smallest absolute Gasteiger partial charge is 0.289 e. The maximum atomic E-state index is 6.17. The van der Waals surface area contributed by atoms with Crippen molar-refractivity contribution < 1.29 is 24.1 Å². The molecule has 0 aliphatic rings. The number of anilines is 2. The molecular formula is C25H38N6O3+2. The molecule has 0 spiro atoms. The van der Waals surface area contributed by atoms with E-state index in [1.165, 1.54) is 6.54 Å². The van der Waals surface area contributed by atoms with E-state index in [0.717, 1.165) is 42.7 Å². The highest BCUT2D eigenvalue weighted by Crippen LogP contribution is 2.40. The lowest BCUT2D eigenvalue weighted by Gasteiger charge is -2.18. The Bertz CT molecular complexity index is 1080. The van der Waals surface area contributed by atoms with E-state index >= 15 is 0 Å². The van der Waals surface area contributed by atoms with Gasteiger partial charge in [0.05, 0.1) is 52.8 Å². The van der Waals surface area contributed by atoms with Gasteiger partial charge in [0.25, 0.3) is 5.65 Å². The Kier molecular flexibility index (Phi) is 8.70. The molecule has 0 unspecified atom stereocenters. The number of rotatable bonds is 12. The van der Waals surface area contributed by atoms with E-state index in [0.29, 0.717) is 34.4 Å². The summed E-state index contributed by atoms with van der Waals surface area (Å²) >= 11 is 0. The van der Waals surface area contributed by atoms with Gasteiger partial charge in [-0.25, -0.2) is 9.97 Å². The van der Waals surface area contributed by atoms with Gasteiger partial charge in [-0.1, -0.05) is 4.98 Å². The second-order valence-electron chi connectivity index (χ2n) is 8.40. The minimum atomic E-state index is 0.288. The third-order valence-corrected chi connectivity index (χ3v) is 6.12. The van der Waals surface area contributed by atoms with Crippen molar-refractivity contribution in [3.05, 3.63) is 24.4 Å². The highest BCUT2D eigenvalue weighted by atomic mass is 16.5. The molecule has 0 amide bonds. The van der Waals surface area contributed by atoms with E-state index in [-0.39, 0.29) is 6.04 Å². The number of methoxy groups -OCH3 is 3. The zero-order valence-electron chi connectivity index (χ0n) is 21.1. The van der Waals surface area contributed by atoms with Crippen molar-refractivity contribution in [2.24, 2.45) is 0 Å². The molecule has 0 bridgehead atoms. The van der Waals surface area contributed by atoms with Crippen LogP contribution in [0.3, 0.4) is 0 Å². The van der Waals surface area contributed by atoms with E-state index < -0.39 is 0 Å². The normalized spacial score (nSPS) is 12.1. The standard InChI is InChI=1S/C25H36N6O3/c1-7-31(8-2)11-9-10-16(3)28-18-14-22(26)30-25-23(18)27-15-19(29-25)17-12-20(32-4)24(34-6)21(13-17)33-5/h12-16H,7-11H2,1-6H3,(H3,26,28,29,30)/p+2/t16-/m0/s1. The quantitative estimate of drug-likeness (QED) is 0.372.